The van der Waals surface area contributed by atoms with Crippen LogP contribution in [0, 0.1) is 0 Å². The van der Waals surface area contributed by atoms with Gasteiger partial charge in [0.1, 0.15) is 5.76 Å². The second-order valence-electron chi connectivity index (χ2n) is 7.03. The number of likely N-dealkylation sites (tertiary alicyclic amines) is 1. The van der Waals surface area contributed by atoms with Gasteiger partial charge in [0.15, 0.2) is 5.69 Å². The molecule has 1 aliphatic rings. The Morgan fingerprint density at radius 1 is 1.23 bits per heavy atom. The molecule has 4 rings (SSSR count). The minimum atomic E-state index is -0.392. The van der Waals surface area contributed by atoms with Crippen molar-refractivity contribution in [3.8, 4) is 5.69 Å². The lowest BCUT2D eigenvalue weighted by Crippen LogP contribution is -2.39. The van der Waals surface area contributed by atoms with Gasteiger partial charge in [-0.3, -0.25) is 14.4 Å². The van der Waals surface area contributed by atoms with Crippen molar-refractivity contribution in [1.29, 1.82) is 0 Å². The van der Waals surface area contributed by atoms with Gasteiger partial charge in [-0.2, -0.15) is 15.0 Å². The van der Waals surface area contributed by atoms with E-state index in [0.29, 0.717) is 30.1 Å². The van der Waals surface area contributed by atoms with Crippen LogP contribution in [0.3, 0.4) is 0 Å². The van der Waals surface area contributed by atoms with Crippen LogP contribution in [0.1, 0.15) is 45.4 Å². The van der Waals surface area contributed by atoms with Gasteiger partial charge in [-0.25, -0.2) is 5.06 Å². The van der Waals surface area contributed by atoms with Crippen LogP contribution in [0.2, 0.25) is 0 Å². The summed E-state index contributed by atoms with van der Waals surface area (Å²) in [5.74, 6) is 0.0568. The summed E-state index contributed by atoms with van der Waals surface area (Å²) in [6, 6.07) is 8.88. The highest BCUT2D eigenvalue weighted by Crippen LogP contribution is 2.29. The first-order chi connectivity index (χ1) is 14.6. The molecule has 3 aromatic rings. The zero-order chi connectivity index (χ0) is 21.1. The smallest absolute Gasteiger partial charge is 0.299 e. The molecule has 0 N–H and O–H groups in total. The van der Waals surface area contributed by atoms with E-state index in [4.69, 9.17) is 9.36 Å². The first kappa shape index (κ1) is 19.8. The number of nitrogens with zero attached hydrogens (tertiary/aromatic N) is 6. The van der Waals surface area contributed by atoms with Crippen molar-refractivity contribution in [2.24, 2.45) is 0 Å². The van der Waals surface area contributed by atoms with Crippen LogP contribution >= 0.6 is 0 Å². The molecule has 156 valence electrons. The molecule has 10 nitrogen and oxygen atoms in total. The Morgan fingerprint density at radius 3 is 2.77 bits per heavy atom. The van der Waals surface area contributed by atoms with Crippen molar-refractivity contribution in [1.82, 2.24) is 30.1 Å². The third-order valence-electron chi connectivity index (χ3n) is 5.19. The van der Waals surface area contributed by atoms with Crippen molar-refractivity contribution in [2.45, 2.75) is 18.8 Å². The van der Waals surface area contributed by atoms with Crippen LogP contribution < -0.4 is 0 Å². The maximum Gasteiger partial charge on any atom is 0.299 e. The van der Waals surface area contributed by atoms with E-state index in [0.717, 1.165) is 17.9 Å². The number of hydrogen-bond acceptors (Lipinski definition) is 7. The summed E-state index contributed by atoms with van der Waals surface area (Å²) >= 11 is 0. The Balaban J connectivity index is 1.52. The molecule has 30 heavy (non-hydrogen) atoms. The maximum atomic E-state index is 13.3. The van der Waals surface area contributed by atoms with Gasteiger partial charge in [0.05, 0.1) is 30.8 Å². The highest BCUT2D eigenvalue weighted by molar-refractivity contribution is 5.97. The molecular weight excluding hydrogens is 388 g/mol. The molecule has 0 aliphatic carbocycles. The first-order valence-electron chi connectivity index (χ1n) is 9.62. The number of hydroxylamine groups is 2. The van der Waals surface area contributed by atoms with Crippen LogP contribution in [-0.4, -0.2) is 69.2 Å². The summed E-state index contributed by atoms with van der Waals surface area (Å²) in [7, 11) is 2.91. The second kappa shape index (κ2) is 8.46. The third-order valence-corrected chi connectivity index (χ3v) is 5.19. The predicted molar refractivity (Wildman–Crippen MR) is 105 cm³/mol. The molecule has 2 amide bonds. The number of para-hydroxylation sites is 1. The average molecular weight is 410 g/mol. The lowest BCUT2D eigenvalue weighted by Gasteiger charge is -2.32. The van der Waals surface area contributed by atoms with Crippen LogP contribution in [-0.2, 0) is 4.84 Å². The molecule has 0 bridgehead atoms. The fraction of sp³-hybridized carbons (Fsp3) is 0.350. The first-order valence-corrected chi connectivity index (χ1v) is 9.62. The Hall–Kier alpha value is -3.53. The lowest BCUT2D eigenvalue weighted by molar-refractivity contribution is -0.0762. The summed E-state index contributed by atoms with van der Waals surface area (Å²) in [4.78, 5) is 33.6. The minimum absolute atomic E-state index is 0.0420. The number of piperidine rings is 1. The molecule has 1 atom stereocenters. The summed E-state index contributed by atoms with van der Waals surface area (Å²) in [6.45, 7) is 1.12. The molecule has 2 aromatic heterocycles. The lowest BCUT2D eigenvalue weighted by atomic mass is 9.94. The number of benzene rings is 1. The SMILES string of the molecule is CON(C)C(=O)c1cc([C@@H]2CCCN(C(=O)c3ccccc3-n3nccn3)C2)on1. The summed E-state index contributed by atoms with van der Waals surface area (Å²) in [5, 5.41) is 13.2. The minimum Gasteiger partial charge on any atom is -0.360 e. The molecule has 1 aliphatic heterocycles. The van der Waals surface area contributed by atoms with Gasteiger partial charge in [0.2, 0.25) is 0 Å². The molecule has 0 radical (unpaired) electrons. The van der Waals surface area contributed by atoms with Crippen molar-refractivity contribution < 1.29 is 18.9 Å². The van der Waals surface area contributed by atoms with Gasteiger partial charge < -0.3 is 9.42 Å². The van der Waals surface area contributed by atoms with E-state index in [1.54, 1.807) is 29.4 Å². The molecule has 0 saturated carbocycles. The van der Waals surface area contributed by atoms with Gasteiger partial charge in [-0.05, 0) is 25.0 Å². The van der Waals surface area contributed by atoms with E-state index in [1.807, 2.05) is 18.2 Å². The molecular formula is C20H22N6O4. The highest BCUT2D eigenvalue weighted by atomic mass is 16.7. The fourth-order valence-corrected chi connectivity index (χ4v) is 3.56. The summed E-state index contributed by atoms with van der Waals surface area (Å²) in [5.41, 5.74) is 1.34. The monoisotopic (exact) mass is 410 g/mol. The number of hydrogen-bond donors (Lipinski definition) is 0. The Kier molecular flexibility index (Phi) is 5.57. The van der Waals surface area contributed by atoms with E-state index >= 15 is 0 Å². The third kappa shape index (κ3) is 3.81. The average Bonchev–Trinajstić information content (AvgIpc) is 3.50. The van der Waals surface area contributed by atoms with Crippen molar-refractivity contribution in [3.63, 3.8) is 0 Å². The van der Waals surface area contributed by atoms with E-state index in [2.05, 4.69) is 15.4 Å². The van der Waals surface area contributed by atoms with Crippen LogP contribution in [0.5, 0.6) is 0 Å². The van der Waals surface area contributed by atoms with Crippen molar-refractivity contribution >= 4 is 11.8 Å². The molecule has 1 aromatic carbocycles. The topological polar surface area (TPSA) is 107 Å². The van der Waals surface area contributed by atoms with Gasteiger partial charge in [-0.1, -0.05) is 17.3 Å². The summed E-state index contributed by atoms with van der Waals surface area (Å²) in [6.07, 6.45) is 4.81. The van der Waals surface area contributed by atoms with Crippen LogP contribution in [0.4, 0.5) is 0 Å². The number of carbonyl (C=O) groups excluding carboxylic acids is 2. The van der Waals surface area contributed by atoms with Gasteiger partial charge >= 0.3 is 0 Å². The molecule has 0 spiro atoms. The number of carbonyl (C=O) groups is 2. The van der Waals surface area contributed by atoms with Gasteiger partial charge in [0, 0.05) is 32.1 Å². The van der Waals surface area contributed by atoms with Crippen LogP contribution in [0.15, 0.2) is 47.2 Å². The van der Waals surface area contributed by atoms with E-state index in [1.165, 1.54) is 19.0 Å². The predicted octanol–water partition coefficient (Wildman–Crippen LogP) is 1.91. The van der Waals surface area contributed by atoms with Crippen LogP contribution in [0.25, 0.3) is 5.69 Å². The Bertz CT molecular complexity index is 1030. The van der Waals surface area contributed by atoms with E-state index in [-0.39, 0.29) is 17.5 Å². The molecule has 1 fully saturated rings. The molecule has 0 unspecified atom stereocenters. The molecule has 3 heterocycles. The highest BCUT2D eigenvalue weighted by Gasteiger charge is 2.30. The maximum absolute atomic E-state index is 13.3. The fourth-order valence-electron chi connectivity index (χ4n) is 3.56. The molecule has 10 heteroatoms. The van der Waals surface area contributed by atoms with Gasteiger partial charge in [-0.15, -0.1) is 0 Å². The van der Waals surface area contributed by atoms with Gasteiger partial charge in [0.25, 0.3) is 11.8 Å². The number of rotatable bonds is 5. The standard InChI is InChI=1S/C20H22N6O4/c1-24(29-2)20(28)16-12-18(30-23-16)14-6-5-11-25(13-14)19(27)15-7-3-4-8-17(15)26-21-9-10-22-26/h3-4,7-10,12,14H,5-6,11,13H2,1-2H3/t14-/m1/s1. The Labute approximate surface area is 172 Å². The zero-order valence-electron chi connectivity index (χ0n) is 16.8. The van der Waals surface area contributed by atoms with E-state index < -0.39 is 5.91 Å². The number of aromatic nitrogens is 4. The number of amides is 2. The normalized spacial score (nSPS) is 16.5. The summed E-state index contributed by atoms with van der Waals surface area (Å²) < 4.78 is 5.42. The largest absolute Gasteiger partial charge is 0.360 e. The van der Waals surface area contributed by atoms with E-state index in [9.17, 15) is 9.59 Å². The zero-order valence-corrected chi connectivity index (χ0v) is 16.8. The quantitative estimate of drug-likeness (QED) is 0.592. The van der Waals surface area contributed by atoms with Crippen molar-refractivity contribution in [2.75, 3.05) is 27.2 Å². The molecule has 1 saturated heterocycles. The second-order valence-corrected chi connectivity index (χ2v) is 7.03. The van der Waals surface area contributed by atoms with Crippen molar-refractivity contribution in [3.05, 3.63) is 59.7 Å². The Morgan fingerprint density at radius 2 is 2.00 bits per heavy atom.